The monoisotopic (exact) mass is 392 g/mol. The van der Waals surface area contributed by atoms with Crippen molar-refractivity contribution in [3.8, 4) is 5.75 Å². The predicted molar refractivity (Wildman–Crippen MR) is 108 cm³/mol. The van der Waals surface area contributed by atoms with Gasteiger partial charge >= 0.3 is 0 Å². The molecule has 1 aromatic heterocycles. The van der Waals surface area contributed by atoms with E-state index in [4.69, 9.17) is 4.74 Å². The highest BCUT2D eigenvalue weighted by molar-refractivity contribution is 6.07. The van der Waals surface area contributed by atoms with Gasteiger partial charge in [0.2, 0.25) is 5.78 Å². The number of hydrogen-bond acceptors (Lipinski definition) is 6. The van der Waals surface area contributed by atoms with Gasteiger partial charge in [0, 0.05) is 43.5 Å². The summed E-state index contributed by atoms with van der Waals surface area (Å²) in [5, 5.41) is 14.8. The summed E-state index contributed by atoms with van der Waals surface area (Å²) in [4.78, 5) is 27.8. The Morgan fingerprint density at radius 3 is 2.93 bits per heavy atom. The summed E-state index contributed by atoms with van der Waals surface area (Å²) in [6, 6.07) is 12.3. The predicted octanol–water partition coefficient (Wildman–Crippen LogP) is 3.54. The number of benzene rings is 2. The first-order valence-corrected chi connectivity index (χ1v) is 9.30. The zero-order valence-corrected chi connectivity index (χ0v) is 15.9. The van der Waals surface area contributed by atoms with Crippen molar-refractivity contribution in [3.05, 3.63) is 81.9 Å². The molecule has 0 amide bonds. The summed E-state index contributed by atoms with van der Waals surface area (Å²) in [5.74, 6) is 0.925. The number of ketones is 1. The first kappa shape index (κ1) is 18.7. The second-order valence-corrected chi connectivity index (χ2v) is 6.93. The van der Waals surface area contributed by atoms with E-state index in [0.29, 0.717) is 18.8 Å². The molecule has 0 spiro atoms. The number of carbonyl (C=O) groups is 1. The van der Waals surface area contributed by atoms with Crippen molar-refractivity contribution in [3.63, 3.8) is 0 Å². The van der Waals surface area contributed by atoms with Crippen molar-refractivity contribution in [1.82, 2.24) is 9.55 Å². The molecule has 1 unspecified atom stereocenters. The summed E-state index contributed by atoms with van der Waals surface area (Å²) in [6.07, 6.45) is 4.00. The van der Waals surface area contributed by atoms with Crippen molar-refractivity contribution < 1.29 is 14.5 Å². The van der Waals surface area contributed by atoms with Gasteiger partial charge in [-0.25, -0.2) is 4.98 Å². The van der Waals surface area contributed by atoms with Gasteiger partial charge < -0.3 is 14.6 Å². The van der Waals surface area contributed by atoms with Crippen LogP contribution in [0.2, 0.25) is 0 Å². The van der Waals surface area contributed by atoms with Gasteiger partial charge in [0.05, 0.1) is 11.5 Å². The maximum atomic E-state index is 12.6. The van der Waals surface area contributed by atoms with Gasteiger partial charge in [0.15, 0.2) is 5.82 Å². The van der Waals surface area contributed by atoms with Gasteiger partial charge in [-0.05, 0) is 30.2 Å². The van der Waals surface area contributed by atoms with Crippen molar-refractivity contribution in [2.75, 3.05) is 18.5 Å². The fourth-order valence-corrected chi connectivity index (χ4v) is 3.55. The number of fused-ring (bicyclic) bond motifs is 1. The maximum Gasteiger partial charge on any atom is 0.293 e. The van der Waals surface area contributed by atoms with Crippen molar-refractivity contribution in [1.29, 1.82) is 0 Å². The molecule has 0 saturated heterocycles. The lowest BCUT2D eigenvalue weighted by molar-refractivity contribution is -0.384. The molecule has 1 N–H and O–H groups in total. The average molecular weight is 392 g/mol. The molecule has 148 valence electrons. The smallest absolute Gasteiger partial charge is 0.293 e. The molecule has 0 saturated carbocycles. The van der Waals surface area contributed by atoms with Gasteiger partial charge in [-0.15, -0.1) is 0 Å². The Hall–Kier alpha value is -3.68. The first-order chi connectivity index (χ1) is 14.0. The van der Waals surface area contributed by atoms with Gasteiger partial charge in [-0.2, -0.15) is 0 Å². The van der Waals surface area contributed by atoms with E-state index in [1.807, 2.05) is 24.3 Å². The quantitative estimate of drug-likeness (QED) is 0.391. The average Bonchev–Trinajstić information content (AvgIpc) is 3.17. The molecule has 0 radical (unpaired) electrons. The number of nitrogens with one attached hydrogen (secondary N) is 1. The molecule has 1 aliphatic heterocycles. The minimum Gasteiger partial charge on any atom is -0.493 e. The fraction of sp³-hybridized carbons (Fsp3) is 0.238. The van der Waals surface area contributed by atoms with Crippen LogP contribution in [0, 0.1) is 10.1 Å². The molecule has 0 aliphatic carbocycles. The van der Waals surface area contributed by atoms with Gasteiger partial charge in [0.1, 0.15) is 11.4 Å². The number of rotatable bonds is 6. The molecule has 2 aromatic carbocycles. The molecule has 8 nitrogen and oxygen atoms in total. The summed E-state index contributed by atoms with van der Waals surface area (Å²) < 4.78 is 7.26. The summed E-state index contributed by atoms with van der Waals surface area (Å²) in [5.41, 5.74) is 1.57. The standard InChI is InChI=1S/C21H20N4O4/c1-24-10-9-22-21(24)20(26)14-6-7-17(18(12-14)25(27)28)23-13-15-8-11-29-19-5-3-2-4-16(15)19/h2-7,9-10,12,15,23H,8,11,13H2,1H3. The minimum atomic E-state index is -0.477. The summed E-state index contributed by atoms with van der Waals surface area (Å²) in [7, 11) is 1.70. The Morgan fingerprint density at radius 2 is 2.17 bits per heavy atom. The minimum absolute atomic E-state index is 0.134. The Kier molecular flexibility index (Phi) is 4.99. The summed E-state index contributed by atoms with van der Waals surface area (Å²) in [6.45, 7) is 1.15. The van der Waals surface area contributed by atoms with E-state index in [-0.39, 0.29) is 28.8 Å². The van der Waals surface area contributed by atoms with E-state index in [1.54, 1.807) is 29.9 Å². The Balaban J connectivity index is 1.56. The van der Waals surface area contributed by atoms with Gasteiger partial charge in [0.25, 0.3) is 5.69 Å². The lowest BCUT2D eigenvalue weighted by Crippen LogP contribution is -2.21. The Labute approximate surface area is 167 Å². The van der Waals surface area contributed by atoms with Crippen molar-refractivity contribution >= 4 is 17.2 Å². The second kappa shape index (κ2) is 7.75. The van der Waals surface area contributed by atoms with E-state index < -0.39 is 4.92 Å². The first-order valence-electron chi connectivity index (χ1n) is 9.30. The van der Waals surface area contributed by atoms with Crippen LogP contribution in [0.4, 0.5) is 11.4 Å². The number of nitro benzene ring substituents is 1. The number of aryl methyl sites for hydroxylation is 1. The zero-order chi connectivity index (χ0) is 20.4. The van der Waals surface area contributed by atoms with E-state index in [1.165, 1.54) is 12.3 Å². The summed E-state index contributed by atoms with van der Waals surface area (Å²) >= 11 is 0. The topological polar surface area (TPSA) is 99.3 Å². The third-order valence-electron chi connectivity index (χ3n) is 5.10. The van der Waals surface area contributed by atoms with Crippen LogP contribution >= 0.6 is 0 Å². The Bertz CT molecular complexity index is 1080. The number of anilines is 1. The van der Waals surface area contributed by atoms with Crippen LogP contribution in [0.15, 0.2) is 54.9 Å². The number of hydrogen-bond donors (Lipinski definition) is 1. The molecule has 1 aliphatic rings. The van der Waals surface area contributed by atoms with E-state index in [0.717, 1.165) is 17.7 Å². The molecular formula is C21H20N4O4. The van der Waals surface area contributed by atoms with Crippen LogP contribution in [0.1, 0.15) is 34.1 Å². The van der Waals surface area contributed by atoms with Gasteiger partial charge in [-0.1, -0.05) is 18.2 Å². The molecule has 0 fully saturated rings. The van der Waals surface area contributed by atoms with Crippen molar-refractivity contribution in [2.24, 2.45) is 7.05 Å². The number of nitrogens with zero attached hydrogens (tertiary/aromatic N) is 3. The maximum absolute atomic E-state index is 12.6. The molecule has 8 heteroatoms. The Morgan fingerprint density at radius 1 is 1.34 bits per heavy atom. The number of para-hydroxylation sites is 1. The SMILES string of the molecule is Cn1ccnc1C(=O)c1ccc(NCC2CCOc3ccccc32)c([N+](=O)[O-])c1. The van der Waals surface area contributed by atoms with Crippen molar-refractivity contribution in [2.45, 2.75) is 12.3 Å². The number of imidazole rings is 1. The van der Waals surface area contributed by atoms with Crippen LogP contribution in [0.5, 0.6) is 5.75 Å². The van der Waals surface area contributed by atoms with Crippen LogP contribution in [-0.4, -0.2) is 33.4 Å². The van der Waals surface area contributed by atoms with E-state index >= 15 is 0 Å². The second-order valence-electron chi connectivity index (χ2n) is 6.93. The van der Waals surface area contributed by atoms with Crippen LogP contribution in [0.25, 0.3) is 0 Å². The number of ether oxygens (including phenoxy) is 1. The van der Waals surface area contributed by atoms with E-state index in [9.17, 15) is 14.9 Å². The third kappa shape index (κ3) is 3.69. The largest absolute Gasteiger partial charge is 0.493 e. The lowest BCUT2D eigenvalue weighted by Gasteiger charge is -2.26. The van der Waals surface area contributed by atoms with E-state index in [2.05, 4.69) is 10.3 Å². The van der Waals surface area contributed by atoms with Gasteiger partial charge in [-0.3, -0.25) is 14.9 Å². The molecule has 4 rings (SSSR count). The molecule has 0 bridgehead atoms. The highest BCUT2D eigenvalue weighted by atomic mass is 16.6. The lowest BCUT2D eigenvalue weighted by atomic mass is 9.93. The molecule has 3 aromatic rings. The van der Waals surface area contributed by atoms with Crippen LogP contribution in [0.3, 0.4) is 0 Å². The molecular weight excluding hydrogens is 372 g/mol. The zero-order valence-electron chi connectivity index (χ0n) is 15.9. The normalized spacial score (nSPS) is 15.3. The number of nitro groups is 1. The van der Waals surface area contributed by atoms with Crippen LogP contribution < -0.4 is 10.1 Å². The number of carbonyl (C=O) groups excluding carboxylic acids is 1. The fourth-order valence-electron chi connectivity index (χ4n) is 3.55. The molecule has 2 heterocycles. The third-order valence-corrected chi connectivity index (χ3v) is 5.10. The molecule has 29 heavy (non-hydrogen) atoms. The molecule has 1 atom stereocenters. The highest BCUT2D eigenvalue weighted by Crippen LogP contribution is 2.34. The van der Waals surface area contributed by atoms with Crippen LogP contribution in [-0.2, 0) is 7.05 Å². The number of aromatic nitrogens is 2. The highest BCUT2D eigenvalue weighted by Gasteiger charge is 2.24.